The maximum absolute atomic E-state index is 12.4. The van der Waals surface area contributed by atoms with E-state index < -0.39 is 6.10 Å². The monoisotopic (exact) mass is 343 g/mol. The van der Waals surface area contributed by atoms with Gasteiger partial charge in [0.15, 0.2) is 6.10 Å². The van der Waals surface area contributed by atoms with E-state index in [-0.39, 0.29) is 18.3 Å². The van der Waals surface area contributed by atoms with Gasteiger partial charge in [-0.15, -0.1) is 0 Å². The Labute approximate surface area is 148 Å². The number of fused-ring (bicyclic) bond motifs is 1. The molecule has 2 aliphatic rings. The number of allylic oxidation sites excluding steroid dienone is 2. The number of carbonyl (C=O) groups is 2. The number of ether oxygens (including phenoxy) is 2. The third-order valence-electron chi connectivity index (χ3n) is 4.99. The zero-order chi connectivity index (χ0) is 17.8. The molecule has 5 nitrogen and oxygen atoms in total. The number of hydrogen-bond donors (Lipinski definition) is 0. The van der Waals surface area contributed by atoms with E-state index in [1.807, 2.05) is 24.3 Å². The lowest BCUT2D eigenvalue weighted by atomic mass is 9.85. The van der Waals surface area contributed by atoms with Crippen molar-refractivity contribution < 1.29 is 19.1 Å². The number of nitrogens with zero attached hydrogens (tertiary/aromatic N) is 1. The minimum Gasteiger partial charge on any atom is -0.479 e. The second-order valence-electron chi connectivity index (χ2n) is 6.83. The average Bonchev–Trinajstić information content (AvgIpc) is 2.61. The van der Waals surface area contributed by atoms with Crippen LogP contribution in [0.25, 0.3) is 0 Å². The van der Waals surface area contributed by atoms with Gasteiger partial charge in [0.25, 0.3) is 5.91 Å². The van der Waals surface area contributed by atoms with Gasteiger partial charge >= 0.3 is 5.97 Å². The minimum atomic E-state index is -0.541. The molecule has 0 saturated heterocycles. The van der Waals surface area contributed by atoms with Crippen molar-refractivity contribution in [3.8, 4) is 5.75 Å². The van der Waals surface area contributed by atoms with Crippen LogP contribution in [0.5, 0.6) is 5.75 Å². The summed E-state index contributed by atoms with van der Waals surface area (Å²) in [6.45, 7) is 4.67. The van der Waals surface area contributed by atoms with Crippen LogP contribution in [0.1, 0.15) is 33.1 Å². The van der Waals surface area contributed by atoms with E-state index in [0.29, 0.717) is 36.4 Å². The molecule has 0 aromatic heterocycles. The predicted molar refractivity (Wildman–Crippen MR) is 95.5 cm³/mol. The second kappa shape index (κ2) is 7.72. The molecule has 25 heavy (non-hydrogen) atoms. The third kappa shape index (κ3) is 4.03. The van der Waals surface area contributed by atoms with Gasteiger partial charge in [-0.3, -0.25) is 9.59 Å². The first-order chi connectivity index (χ1) is 12.1. The Bertz CT molecular complexity index is 669. The van der Waals surface area contributed by atoms with E-state index >= 15 is 0 Å². The van der Waals surface area contributed by atoms with Crippen LogP contribution in [0, 0.1) is 11.8 Å². The fraction of sp³-hybridized carbons (Fsp3) is 0.500. The largest absolute Gasteiger partial charge is 0.479 e. The zero-order valence-electron chi connectivity index (χ0n) is 14.8. The molecule has 3 unspecified atom stereocenters. The molecule has 0 N–H and O–H groups in total. The van der Waals surface area contributed by atoms with Crippen molar-refractivity contribution in [1.82, 2.24) is 0 Å². The van der Waals surface area contributed by atoms with Crippen LogP contribution in [0.3, 0.4) is 0 Å². The fourth-order valence-corrected chi connectivity index (χ4v) is 3.30. The van der Waals surface area contributed by atoms with Crippen molar-refractivity contribution in [1.29, 1.82) is 0 Å². The van der Waals surface area contributed by atoms with E-state index in [4.69, 9.17) is 9.47 Å². The van der Waals surface area contributed by atoms with E-state index in [1.165, 1.54) is 0 Å². The first-order valence-electron chi connectivity index (χ1n) is 8.94. The summed E-state index contributed by atoms with van der Waals surface area (Å²) in [6.07, 6.45) is 5.99. The van der Waals surface area contributed by atoms with Crippen molar-refractivity contribution in [2.24, 2.45) is 11.8 Å². The second-order valence-corrected chi connectivity index (χ2v) is 6.83. The summed E-state index contributed by atoms with van der Waals surface area (Å²) < 4.78 is 11.1. The van der Waals surface area contributed by atoms with Gasteiger partial charge in [-0.05, 0) is 43.7 Å². The average molecular weight is 343 g/mol. The van der Waals surface area contributed by atoms with E-state index in [1.54, 1.807) is 11.8 Å². The Morgan fingerprint density at radius 1 is 1.24 bits per heavy atom. The molecule has 0 bridgehead atoms. The van der Waals surface area contributed by atoms with Crippen molar-refractivity contribution in [3.05, 3.63) is 36.4 Å². The molecular weight excluding hydrogens is 318 g/mol. The molecule has 134 valence electrons. The molecule has 0 radical (unpaired) electrons. The van der Waals surface area contributed by atoms with Crippen LogP contribution in [0.15, 0.2) is 36.4 Å². The normalized spacial score (nSPS) is 25.3. The molecule has 1 aliphatic heterocycles. The summed E-state index contributed by atoms with van der Waals surface area (Å²) in [5, 5.41) is 0. The third-order valence-corrected chi connectivity index (χ3v) is 4.99. The fourth-order valence-electron chi connectivity index (χ4n) is 3.30. The van der Waals surface area contributed by atoms with Crippen LogP contribution < -0.4 is 9.64 Å². The molecule has 0 saturated carbocycles. The number of anilines is 1. The maximum Gasteiger partial charge on any atom is 0.307 e. The highest BCUT2D eigenvalue weighted by atomic mass is 16.5. The molecule has 3 rings (SSSR count). The van der Waals surface area contributed by atoms with E-state index in [9.17, 15) is 9.59 Å². The van der Waals surface area contributed by atoms with Crippen molar-refractivity contribution in [2.45, 2.75) is 39.2 Å². The first kappa shape index (κ1) is 17.5. The quantitative estimate of drug-likeness (QED) is 0.608. The van der Waals surface area contributed by atoms with Crippen molar-refractivity contribution >= 4 is 17.6 Å². The van der Waals surface area contributed by atoms with E-state index in [2.05, 4.69) is 19.1 Å². The molecule has 1 amide bonds. The summed E-state index contributed by atoms with van der Waals surface area (Å²) in [5.41, 5.74) is 0.712. The zero-order valence-corrected chi connectivity index (χ0v) is 14.8. The van der Waals surface area contributed by atoms with Crippen LogP contribution in [-0.4, -0.2) is 31.1 Å². The summed E-state index contributed by atoms with van der Waals surface area (Å²) in [6, 6.07) is 7.39. The van der Waals surface area contributed by atoms with Crippen LogP contribution in [-0.2, 0) is 14.3 Å². The van der Waals surface area contributed by atoms with Gasteiger partial charge in [-0.2, -0.15) is 0 Å². The lowest BCUT2D eigenvalue weighted by molar-refractivity contribution is -0.145. The van der Waals surface area contributed by atoms with Gasteiger partial charge in [0, 0.05) is 6.54 Å². The number of amides is 1. The van der Waals surface area contributed by atoms with Gasteiger partial charge in [-0.25, -0.2) is 0 Å². The smallest absolute Gasteiger partial charge is 0.307 e. The molecule has 0 spiro atoms. The standard InChI is InChI=1S/C20H25NO4/c1-14-7-3-4-8-16(14)13-24-19(22)11-12-21-17-9-5-6-10-18(17)25-15(2)20(21)23/h3-6,9-10,14-16H,7-8,11-13H2,1-2H3. The van der Waals surface area contributed by atoms with Gasteiger partial charge in [-0.1, -0.05) is 31.2 Å². The number of hydrogen-bond acceptors (Lipinski definition) is 4. The lowest BCUT2D eigenvalue weighted by Crippen LogP contribution is -2.45. The van der Waals surface area contributed by atoms with Gasteiger partial charge in [0.1, 0.15) is 5.75 Å². The highest BCUT2D eigenvalue weighted by Crippen LogP contribution is 2.33. The van der Waals surface area contributed by atoms with Crippen LogP contribution in [0.4, 0.5) is 5.69 Å². The summed E-state index contributed by atoms with van der Waals surface area (Å²) in [5.74, 6) is 1.21. The first-order valence-corrected chi connectivity index (χ1v) is 8.94. The number of benzene rings is 1. The van der Waals surface area contributed by atoms with Gasteiger partial charge in [0.2, 0.25) is 0 Å². The van der Waals surface area contributed by atoms with E-state index in [0.717, 1.165) is 12.8 Å². The molecule has 0 fully saturated rings. The Morgan fingerprint density at radius 2 is 2.00 bits per heavy atom. The molecule has 1 aliphatic carbocycles. The summed E-state index contributed by atoms with van der Waals surface area (Å²) in [4.78, 5) is 26.1. The molecular formula is C20H25NO4. The predicted octanol–water partition coefficient (Wildman–Crippen LogP) is 3.34. The van der Waals surface area contributed by atoms with Gasteiger partial charge in [0.05, 0.1) is 18.7 Å². The number of rotatable bonds is 5. The van der Waals surface area contributed by atoms with Crippen LogP contribution >= 0.6 is 0 Å². The number of carbonyl (C=O) groups excluding carboxylic acids is 2. The topological polar surface area (TPSA) is 55.8 Å². The highest BCUT2D eigenvalue weighted by molar-refractivity contribution is 6.00. The Hall–Kier alpha value is -2.30. The number of esters is 1. The molecule has 1 heterocycles. The SMILES string of the molecule is CC1Oc2ccccc2N(CCC(=O)OCC2CC=CCC2C)C1=O. The van der Waals surface area contributed by atoms with Crippen molar-refractivity contribution in [3.63, 3.8) is 0 Å². The van der Waals surface area contributed by atoms with Gasteiger partial charge < -0.3 is 14.4 Å². The molecule has 3 atom stereocenters. The maximum atomic E-state index is 12.4. The number of para-hydroxylation sites is 2. The molecule has 1 aromatic rings. The Kier molecular flexibility index (Phi) is 5.41. The lowest BCUT2D eigenvalue weighted by Gasteiger charge is -2.32. The van der Waals surface area contributed by atoms with Crippen molar-refractivity contribution in [2.75, 3.05) is 18.1 Å². The molecule has 5 heteroatoms. The Morgan fingerprint density at radius 3 is 2.80 bits per heavy atom. The molecule has 1 aromatic carbocycles. The van der Waals surface area contributed by atoms with Crippen LogP contribution in [0.2, 0.25) is 0 Å². The summed E-state index contributed by atoms with van der Waals surface area (Å²) >= 11 is 0. The highest BCUT2D eigenvalue weighted by Gasteiger charge is 2.31. The minimum absolute atomic E-state index is 0.127. The Balaban J connectivity index is 1.55. The summed E-state index contributed by atoms with van der Waals surface area (Å²) in [7, 11) is 0.